The van der Waals surface area contributed by atoms with Crippen molar-refractivity contribution < 1.29 is 22.4 Å². The van der Waals surface area contributed by atoms with Crippen LogP contribution in [0.25, 0.3) is 0 Å². The van der Waals surface area contributed by atoms with E-state index in [2.05, 4.69) is 10.2 Å². The summed E-state index contributed by atoms with van der Waals surface area (Å²) in [5, 5.41) is 6.71. The molecule has 2 rings (SSSR count). The summed E-state index contributed by atoms with van der Waals surface area (Å²) < 4.78 is 51.6. The van der Waals surface area contributed by atoms with E-state index < -0.39 is 28.6 Å². The summed E-state index contributed by atoms with van der Waals surface area (Å²) in [6.07, 6.45) is -3.41. The van der Waals surface area contributed by atoms with Crippen molar-refractivity contribution in [3.63, 3.8) is 0 Å². The van der Waals surface area contributed by atoms with E-state index in [1.165, 1.54) is 25.3 Å². The molecule has 2 heterocycles. The second kappa shape index (κ2) is 6.26. The van der Waals surface area contributed by atoms with E-state index in [0.717, 1.165) is 11.3 Å². The summed E-state index contributed by atoms with van der Waals surface area (Å²) in [5.41, 5.74) is 0.635. The van der Waals surface area contributed by atoms with E-state index in [1.807, 2.05) is 5.43 Å². The number of nitrogens with zero attached hydrogens (tertiary/aromatic N) is 3. The number of aromatic nitrogens is 2. The Labute approximate surface area is 126 Å². The van der Waals surface area contributed by atoms with Gasteiger partial charge in [-0.2, -0.15) is 27.8 Å². The normalized spacial score (nSPS) is 12.0. The molecule has 0 saturated heterocycles. The molecule has 0 aromatic carbocycles. The number of hydrogen-bond donors (Lipinski definition) is 1. The number of hydrazone groups is 1. The first-order valence-corrected chi connectivity index (χ1v) is 6.86. The number of carbonyl (C=O) groups excluding carboxylic acids is 1. The summed E-state index contributed by atoms with van der Waals surface area (Å²) in [6.45, 7) is 1.45. The Balaban J connectivity index is 2.10. The maximum absolute atomic E-state index is 12.7. The number of aryl methyl sites for hydroxylation is 1. The van der Waals surface area contributed by atoms with E-state index in [4.69, 9.17) is 0 Å². The second-order valence-electron chi connectivity index (χ2n) is 4.07. The van der Waals surface area contributed by atoms with Crippen LogP contribution >= 0.6 is 11.3 Å². The van der Waals surface area contributed by atoms with Crippen molar-refractivity contribution in [2.24, 2.45) is 5.10 Å². The molecule has 0 radical (unpaired) electrons. The van der Waals surface area contributed by atoms with Gasteiger partial charge in [-0.3, -0.25) is 9.48 Å². The smallest absolute Gasteiger partial charge is 0.265 e. The molecule has 0 fully saturated rings. The fourth-order valence-electron chi connectivity index (χ4n) is 1.61. The van der Waals surface area contributed by atoms with Gasteiger partial charge in [0.15, 0.2) is 10.8 Å². The molecule has 0 aliphatic rings. The number of amides is 1. The number of hydrogen-bond acceptors (Lipinski definition) is 4. The number of alkyl halides is 3. The van der Waals surface area contributed by atoms with E-state index in [9.17, 15) is 22.4 Å². The zero-order valence-corrected chi connectivity index (χ0v) is 12.0. The van der Waals surface area contributed by atoms with Crippen molar-refractivity contribution >= 4 is 23.5 Å². The number of rotatable bonds is 4. The second-order valence-corrected chi connectivity index (χ2v) is 5.13. The molecular formula is C12H10F4N4OS. The van der Waals surface area contributed by atoms with Crippen LogP contribution in [0.5, 0.6) is 0 Å². The molecule has 0 aliphatic heterocycles. The van der Waals surface area contributed by atoms with Crippen LogP contribution in [0.15, 0.2) is 23.3 Å². The van der Waals surface area contributed by atoms with Gasteiger partial charge < -0.3 is 0 Å². The Morgan fingerprint density at radius 2 is 2.23 bits per heavy atom. The Bertz CT molecular complexity index is 704. The van der Waals surface area contributed by atoms with Gasteiger partial charge in [-0.15, -0.1) is 11.3 Å². The SMILES string of the molecule is CCn1nc(C(=O)N/N=C\c2ccc(F)s2)cc1C(F)(F)F. The van der Waals surface area contributed by atoms with E-state index in [-0.39, 0.29) is 6.54 Å². The minimum Gasteiger partial charge on any atom is -0.265 e. The van der Waals surface area contributed by atoms with Gasteiger partial charge in [0.05, 0.1) is 11.1 Å². The molecule has 2 aromatic heterocycles. The molecule has 10 heteroatoms. The van der Waals surface area contributed by atoms with Crippen molar-refractivity contribution in [2.75, 3.05) is 0 Å². The molecule has 0 saturated carbocycles. The Hall–Kier alpha value is -2.23. The molecule has 0 spiro atoms. The Morgan fingerprint density at radius 3 is 2.73 bits per heavy atom. The van der Waals surface area contributed by atoms with Crippen LogP contribution in [0, 0.1) is 5.13 Å². The molecule has 0 aliphatic carbocycles. The minimum atomic E-state index is -4.60. The van der Waals surface area contributed by atoms with Gasteiger partial charge in [-0.25, -0.2) is 5.43 Å². The van der Waals surface area contributed by atoms with Crippen molar-refractivity contribution in [1.29, 1.82) is 0 Å². The lowest BCUT2D eigenvalue weighted by Gasteiger charge is -2.06. The summed E-state index contributed by atoms with van der Waals surface area (Å²) >= 11 is 0.813. The zero-order valence-electron chi connectivity index (χ0n) is 11.2. The van der Waals surface area contributed by atoms with Gasteiger partial charge in [-0.1, -0.05) is 0 Å². The quantitative estimate of drug-likeness (QED) is 0.531. The van der Waals surface area contributed by atoms with Gasteiger partial charge in [-0.05, 0) is 19.1 Å². The molecule has 118 valence electrons. The van der Waals surface area contributed by atoms with Crippen LogP contribution in [-0.4, -0.2) is 21.9 Å². The standard InChI is InChI=1S/C12H10F4N4OS/c1-2-20-9(12(14,15)16)5-8(19-20)11(21)18-17-6-7-3-4-10(13)22-7/h3-6H,2H2,1H3,(H,18,21)/b17-6-. The molecule has 0 unspecified atom stereocenters. The number of nitrogens with one attached hydrogen (secondary N) is 1. The zero-order chi connectivity index (χ0) is 16.3. The first kappa shape index (κ1) is 16.1. The fraction of sp³-hybridized carbons (Fsp3) is 0.250. The van der Waals surface area contributed by atoms with E-state index in [0.29, 0.717) is 15.6 Å². The predicted molar refractivity (Wildman–Crippen MR) is 72.2 cm³/mol. The maximum Gasteiger partial charge on any atom is 0.433 e. The van der Waals surface area contributed by atoms with Crippen LogP contribution in [0.3, 0.4) is 0 Å². The summed E-state index contributed by atoms with van der Waals surface area (Å²) in [6, 6.07) is 3.33. The predicted octanol–water partition coefficient (Wildman–Crippen LogP) is 2.89. The van der Waals surface area contributed by atoms with E-state index in [1.54, 1.807) is 0 Å². The molecule has 0 atom stereocenters. The third kappa shape index (κ3) is 3.70. The number of carbonyl (C=O) groups is 1. The number of thiophene rings is 1. The summed E-state index contributed by atoms with van der Waals surface area (Å²) in [4.78, 5) is 12.2. The van der Waals surface area contributed by atoms with Crippen LogP contribution in [0.4, 0.5) is 17.6 Å². The molecule has 22 heavy (non-hydrogen) atoms. The van der Waals surface area contributed by atoms with Gasteiger partial charge in [0.25, 0.3) is 5.91 Å². The lowest BCUT2D eigenvalue weighted by atomic mass is 10.3. The first-order valence-electron chi connectivity index (χ1n) is 6.05. The highest BCUT2D eigenvalue weighted by molar-refractivity contribution is 7.12. The Morgan fingerprint density at radius 1 is 1.50 bits per heavy atom. The van der Waals surface area contributed by atoms with Gasteiger partial charge in [0.1, 0.15) is 5.69 Å². The van der Waals surface area contributed by atoms with Crippen molar-refractivity contribution in [3.8, 4) is 0 Å². The molecule has 0 bridgehead atoms. The third-order valence-corrected chi connectivity index (χ3v) is 3.36. The van der Waals surface area contributed by atoms with Crippen molar-refractivity contribution in [3.05, 3.63) is 39.6 Å². The topological polar surface area (TPSA) is 59.3 Å². The molecular weight excluding hydrogens is 324 g/mol. The van der Waals surface area contributed by atoms with Crippen molar-refractivity contribution in [1.82, 2.24) is 15.2 Å². The maximum atomic E-state index is 12.7. The lowest BCUT2D eigenvalue weighted by Crippen LogP contribution is -2.18. The monoisotopic (exact) mass is 334 g/mol. The first-order chi connectivity index (χ1) is 10.3. The fourth-order valence-corrected chi connectivity index (χ4v) is 2.21. The van der Waals surface area contributed by atoms with E-state index >= 15 is 0 Å². The minimum absolute atomic E-state index is 0.0279. The van der Waals surface area contributed by atoms with Crippen LogP contribution in [0.2, 0.25) is 0 Å². The van der Waals surface area contributed by atoms with Crippen molar-refractivity contribution in [2.45, 2.75) is 19.6 Å². The highest BCUT2D eigenvalue weighted by Crippen LogP contribution is 2.29. The summed E-state index contributed by atoms with van der Waals surface area (Å²) in [5.74, 6) is -0.883. The lowest BCUT2D eigenvalue weighted by molar-refractivity contribution is -0.144. The van der Waals surface area contributed by atoms with Gasteiger partial charge in [0.2, 0.25) is 0 Å². The number of halogens is 4. The summed E-state index contributed by atoms with van der Waals surface area (Å²) in [7, 11) is 0. The molecule has 1 N–H and O–H groups in total. The van der Waals surface area contributed by atoms with Crippen LogP contribution in [-0.2, 0) is 12.7 Å². The largest absolute Gasteiger partial charge is 0.433 e. The average Bonchev–Trinajstić information content (AvgIpc) is 3.04. The molecule has 2 aromatic rings. The highest BCUT2D eigenvalue weighted by Gasteiger charge is 2.36. The molecule has 5 nitrogen and oxygen atoms in total. The van der Waals surface area contributed by atoms with Crippen LogP contribution < -0.4 is 5.43 Å². The average molecular weight is 334 g/mol. The Kier molecular flexibility index (Phi) is 4.59. The van der Waals surface area contributed by atoms with Gasteiger partial charge >= 0.3 is 6.18 Å². The highest BCUT2D eigenvalue weighted by atomic mass is 32.1. The molecule has 1 amide bonds. The van der Waals surface area contributed by atoms with Gasteiger partial charge in [0, 0.05) is 12.6 Å². The van der Waals surface area contributed by atoms with Crippen LogP contribution in [0.1, 0.15) is 28.0 Å². The third-order valence-electron chi connectivity index (χ3n) is 2.55.